The highest BCUT2D eigenvalue weighted by Gasteiger charge is 2.19. The van der Waals surface area contributed by atoms with Gasteiger partial charge in [0.05, 0.1) is 0 Å². The van der Waals surface area contributed by atoms with E-state index in [1.807, 2.05) is 37.3 Å². The van der Waals surface area contributed by atoms with Crippen molar-refractivity contribution in [2.75, 3.05) is 45.9 Å². The van der Waals surface area contributed by atoms with Gasteiger partial charge in [0, 0.05) is 56.3 Å². The van der Waals surface area contributed by atoms with Crippen molar-refractivity contribution >= 4 is 17.0 Å². The van der Waals surface area contributed by atoms with Crippen molar-refractivity contribution in [3.05, 3.63) is 81.7 Å². The normalized spacial score (nSPS) is 16.5. The zero-order valence-corrected chi connectivity index (χ0v) is 19.4. The van der Waals surface area contributed by atoms with E-state index in [1.165, 1.54) is 5.56 Å². The summed E-state index contributed by atoms with van der Waals surface area (Å²) in [5.41, 5.74) is 2.94. The fourth-order valence-electron chi connectivity index (χ4n) is 4.12. The zero-order valence-electron chi connectivity index (χ0n) is 19.4. The summed E-state index contributed by atoms with van der Waals surface area (Å²) < 4.78 is 11.2. The molecule has 174 valence electrons. The van der Waals surface area contributed by atoms with Gasteiger partial charge in [-0.1, -0.05) is 42.5 Å². The molecule has 0 unspecified atom stereocenters. The predicted octanol–water partition coefficient (Wildman–Crippen LogP) is 3.48. The van der Waals surface area contributed by atoms with Crippen molar-refractivity contribution in [3.63, 3.8) is 0 Å². The molecule has 1 fully saturated rings. The van der Waals surface area contributed by atoms with Crippen LogP contribution in [0.4, 0.5) is 0 Å². The van der Waals surface area contributed by atoms with Gasteiger partial charge in [-0.25, -0.2) is 4.79 Å². The zero-order chi connectivity index (χ0) is 23.2. The molecule has 33 heavy (non-hydrogen) atoms. The molecule has 0 bridgehead atoms. The number of piperazine rings is 1. The highest BCUT2D eigenvalue weighted by atomic mass is 16.5. The molecule has 1 aromatic heterocycles. The van der Waals surface area contributed by atoms with Crippen molar-refractivity contribution in [2.45, 2.75) is 20.0 Å². The molecular formula is C27H32N2O4. The summed E-state index contributed by atoms with van der Waals surface area (Å²) in [7, 11) is 0. The first-order chi connectivity index (χ1) is 16.0. The minimum Gasteiger partial charge on any atom is -0.491 e. The fraction of sp³-hybridized carbons (Fsp3) is 0.370. The summed E-state index contributed by atoms with van der Waals surface area (Å²) in [5, 5.41) is 11.4. The van der Waals surface area contributed by atoms with E-state index in [4.69, 9.17) is 9.15 Å². The Morgan fingerprint density at radius 2 is 1.76 bits per heavy atom. The third kappa shape index (κ3) is 6.11. The van der Waals surface area contributed by atoms with Gasteiger partial charge < -0.3 is 14.3 Å². The third-order valence-corrected chi connectivity index (χ3v) is 6.28. The molecule has 6 heteroatoms. The Kier molecular flexibility index (Phi) is 7.60. The summed E-state index contributed by atoms with van der Waals surface area (Å²) >= 11 is 0. The van der Waals surface area contributed by atoms with E-state index in [0.29, 0.717) is 23.4 Å². The molecule has 1 aliphatic rings. The first-order valence-electron chi connectivity index (χ1n) is 11.5. The van der Waals surface area contributed by atoms with Crippen LogP contribution in [0, 0.1) is 13.8 Å². The van der Waals surface area contributed by atoms with Gasteiger partial charge in [-0.2, -0.15) is 0 Å². The molecule has 0 saturated carbocycles. The van der Waals surface area contributed by atoms with Crippen LogP contribution in [0.1, 0.15) is 16.7 Å². The highest BCUT2D eigenvalue weighted by Crippen LogP contribution is 2.24. The Hall–Kier alpha value is -2.93. The molecule has 3 aromatic rings. The minimum atomic E-state index is -0.586. The highest BCUT2D eigenvalue weighted by molar-refractivity contribution is 5.82. The maximum Gasteiger partial charge on any atom is 0.339 e. The Balaban J connectivity index is 1.21. The monoisotopic (exact) mass is 448 g/mol. The summed E-state index contributed by atoms with van der Waals surface area (Å²) in [6, 6.07) is 15.8. The molecule has 1 saturated heterocycles. The fourth-order valence-corrected chi connectivity index (χ4v) is 4.12. The van der Waals surface area contributed by atoms with Crippen molar-refractivity contribution in [1.82, 2.24) is 9.80 Å². The van der Waals surface area contributed by atoms with Crippen LogP contribution in [0.2, 0.25) is 0 Å². The number of nitrogens with zero attached hydrogens (tertiary/aromatic N) is 2. The van der Waals surface area contributed by atoms with Gasteiger partial charge in [0.1, 0.15) is 24.0 Å². The van der Waals surface area contributed by atoms with Gasteiger partial charge in [-0.3, -0.25) is 9.80 Å². The molecule has 1 N–H and O–H groups in total. The first kappa shape index (κ1) is 23.2. The molecule has 0 amide bonds. The van der Waals surface area contributed by atoms with Gasteiger partial charge in [0.2, 0.25) is 0 Å². The van der Waals surface area contributed by atoms with Gasteiger partial charge >= 0.3 is 5.63 Å². The predicted molar refractivity (Wildman–Crippen MR) is 132 cm³/mol. The molecule has 4 rings (SSSR count). The number of ether oxygens (including phenoxy) is 1. The largest absolute Gasteiger partial charge is 0.491 e. The smallest absolute Gasteiger partial charge is 0.339 e. The lowest BCUT2D eigenvalue weighted by molar-refractivity contribution is 0.0482. The number of β-amino-alcohol motifs (C(OH)–C–C–N with tert-alkyl or cyclic N) is 1. The molecular weight excluding hydrogens is 416 g/mol. The van der Waals surface area contributed by atoms with Crippen LogP contribution >= 0.6 is 0 Å². The minimum absolute atomic E-state index is 0.195. The van der Waals surface area contributed by atoms with Crippen LogP contribution in [0.15, 0.2) is 63.8 Å². The number of hydrogen-bond acceptors (Lipinski definition) is 6. The lowest BCUT2D eigenvalue weighted by Gasteiger charge is -2.35. The second kappa shape index (κ2) is 10.8. The lowest BCUT2D eigenvalue weighted by atomic mass is 10.1. The Bertz CT molecular complexity index is 1150. The summed E-state index contributed by atoms with van der Waals surface area (Å²) in [4.78, 5) is 16.6. The average Bonchev–Trinajstić information content (AvgIpc) is 2.83. The maximum absolute atomic E-state index is 11.9. The summed E-state index contributed by atoms with van der Waals surface area (Å²) in [6.07, 6.45) is 3.78. The number of benzene rings is 2. The Morgan fingerprint density at radius 1 is 1.03 bits per heavy atom. The molecule has 2 heterocycles. The van der Waals surface area contributed by atoms with E-state index in [1.54, 1.807) is 13.0 Å². The van der Waals surface area contributed by atoms with E-state index in [2.05, 4.69) is 34.1 Å². The molecule has 2 aromatic carbocycles. The second-order valence-corrected chi connectivity index (χ2v) is 8.68. The number of aryl methyl sites for hydroxylation is 1. The summed E-state index contributed by atoms with van der Waals surface area (Å²) in [6.45, 7) is 9.21. The van der Waals surface area contributed by atoms with E-state index < -0.39 is 6.10 Å². The van der Waals surface area contributed by atoms with Gasteiger partial charge in [-0.15, -0.1) is 0 Å². The topological polar surface area (TPSA) is 66.2 Å². The van der Waals surface area contributed by atoms with Gasteiger partial charge in [0.25, 0.3) is 0 Å². The second-order valence-electron chi connectivity index (χ2n) is 8.68. The quantitative estimate of drug-likeness (QED) is 0.533. The average molecular weight is 449 g/mol. The lowest BCUT2D eigenvalue weighted by Crippen LogP contribution is -2.49. The van der Waals surface area contributed by atoms with Crippen molar-refractivity contribution in [2.24, 2.45) is 0 Å². The van der Waals surface area contributed by atoms with Crippen LogP contribution in [0.5, 0.6) is 5.75 Å². The third-order valence-electron chi connectivity index (χ3n) is 6.28. The van der Waals surface area contributed by atoms with Crippen molar-refractivity contribution < 1.29 is 14.3 Å². The maximum atomic E-state index is 11.9. The van der Waals surface area contributed by atoms with E-state index >= 15 is 0 Å². The van der Waals surface area contributed by atoms with E-state index in [-0.39, 0.29) is 12.2 Å². The molecule has 6 nitrogen and oxygen atoms in total. The van der Waals surface area contributed by atoms with Crippen LogP contribution in [0.25, 0.3) is 17.0 Å². The number of rotatable bonds is 8. The number of fused-ring (bicyclic) bond motifs is 1. The van der Waals surface area contributed by atoms with Crippen molar-refractivity contribution in [3.8, 4) is 5.75 Å². The Morgan fingerprint density at radius 3 is 2.52 bits per heavy atom. The van der Waals surface area contributed by atoms with Crippen LogP contribution < -0.4 is 10.4 Å². The van der Waals surface area contributed by atoms with Crippen LogP contribution in [-0.4, -0.2) is 66.9 Å². The van der Waals surface area contributed by atoms with Crippen LogP contribution in [-0.2, 0) is 0 Å². The number of aliphatic hydroxyl groups is 1. The SMILES string of the molecule is Cc1c(C)c2ccc(OC[C@H](O)CN3CCN(C/C=C/c4ccccc4)CC3)cc2oc1=O. The van der Waals surface area contributed by atoms with E-state index in [0.717, 1.165) is 43.7 Å². The summed E-state index contributed by atoms with van der Waals surface area (Å²) in [5.74, 6) is 0.586. The molecule has 1 atom stereocenters. The number of hydrogen-bond donors (Lipinski definition) is 1. The Labute approximate surface area is 194 Å². The van der Waals surface area contributed by atoms with E-state index in [9.17, 15) is 9.90 Å². The van der Waals surface area contributed by atoms with Crippen LogP contribution in [0.3, 0.4) is 0 Å². The molecule has 0 radical (unpaired) electrons. The number of aliphatic hydroxyl groups excluding tert-OH is 1. The van der Waals surface area contributed by atoms with Gasteiger partial charge in [0.15, 0.2) is 0 Å². The molecule has 1 aliphatic heterocycles. The molecule has 0 spiro atoms. The first-order valence-corrected chi connectivity index (χ1v) is 11.5. The van der Waals surface area contributed by atoms with Crippen molar-refractivity contribution in [1.29, 1.82) is 0 Å². The molecule has 0 aliphatic carbocycles. The van der Waals surface area contributed by atoms with Gasteiger partial charge in [-0.05, 0) is 37.1 Å². The standard InChI is InChI=1S/C27H32N2O4/c1-20-21(2)27(31)33-26-17-24(10-11-25(20)26)32-19-23(30)18-29-15-13-28(14-16-29)12-6-9-22-7-4-3-5-8-22/h3-11,17,23,30H,12-16,18-19H2,1-2H3/b9-6+/t23-/m1/s1.